The van der Waals surface area contributed by atoms with Gasteiger partial charge in [-0.05, 0) is 37.5 Å². The molecule has 0 saturated heterocycles. The minimum absolute atomic E-state index is 0.0825. The second kappa shape index (κ2) is 12.5. The standard InChI is InChI=1S/C24H27ClN4O3S/c1-17(30)21(15-18-9-4-3-5-10-18)26-22(31)16-33-24-28-27-23(29(24)13-8-14-32-2)19-11-6-7-12-20(19)25/h3-7,9-12,21H,8,13-16H2,1-2H3,(H,26,31)/t21-/m0/s1. The zero-order valence-electron chi connectivity index (χ0n) is 18.7. The number of nitrogens with one attached hydrogen (secondary N) is 1. The first-order valence-electron chi connectivity index (χ1n) is 10.6. The van der Waals surface area contributed by atoms with Gasteiger partial charge in [-0.3, -0.25) is 9.59 Å². The highest BCUT2D eigenvalue weighted by molar-refractivity contribution is 7.99. The lowest BCUT2D eigenvalue weighted by Gasteiger charge is -2.16. The zero-order valence-corrected chi connectivity index (χ0v) is 20.2. The summed E-state index contributed by atoms with van der Waals surface area (Å²) >= 11 is 7.65. The molecule has 0 aliphatic carbocycles. The third kappa shape index (κ3) is 7.15. The van der Waals surface area contributed by atoms with Crippen LogP contribution in [0.1, 0.15) is 18.9 Å². The Bertz CT molecular complexity index is 1070. The van der Waals surface area contributed by atoms with Crippen LogP contribution >= 0.6 is 23.4 Å². The lowest BCUT2D eigenvalue weighted by molar-refractivity contribution is -0.125. The Hall–Kier alpha value is -2.68. The van der Waals surface area contributed by atoms with Gasteiger partial charge < -0.3 is 14.6 Å². The second-order valence-electron chi connectivity index (χ2n) is 7.49. The summed E-state index contributed by atoms with van der Waals surface area (Å²) < 4.78 is 7.13. The van der Waals surface area contributed by atoms with Gasteiger partial charge in [0.1, 0.15) is 0 Å². The Labute approximate surface area is 202 Å². The monoisotopic (exact) mass is 486 g/mol. The van der Waals surface area contributed by atoms with Gasteiger partial charge in [0.05, 0.1) is 16.8 Å². The molecule has 7 nitrogen and oxygen atoms in total. The summed E-state index contributed by atoms with van der Waals surface area (Å²) in [6.45, 7) is 2.70. The second-order valence-corrected chi connectivity index (χ2v) is 8.84. The SMILES string of the molecule is COCCCn1c(SCC(=O)N[C@@H](Cc2ccccc2)C(C)=O)nnc1-c1ccccc1Cl. The van der Waals surface area contributed by atoms with E-state index < -0.39 is 6.04 Å². The molecule has 9 heteroatoms. The predicted molar refractivity (Wildman–Crippen MR) is 130 cm³/mol. The number of Topliss-reactive ketones (excluding diaryl/α,β-unsaturated/α-hetero) is 1. The van der Waals surface area contributed by atoms with E-state index in [4.69, 9.17) is 16.3 Å². The lowest BCUT2D eigenvalue weighted by Crippen LogP contribution is -2.42. The van der Waals surface area contributed by atoms with E-state index in [2.05, 4.69) is 15.5 Å². The Morgan fingerprint density at radius 1 is 1.12 bits per heavy atom. The number of methoxy groups -OCH3 is 1. The Morgan fingerprint density at radius 2 is 1.85 bits per heavy atom. The van der Waals surface area contributed by atoms with Gasteiger partial charge in [0.2, 0.25) is 5.91 Å². The van der Waals surface area contributed by atoms with Crippen molar-refractivity contribution in [2.45, 2.75) is 37.5 Å². The molecule has 0 spiro atoms. The summed E-state index contributed by atoms with van der Waals surface area (Å²) in [7, 11) is 1.65. The number of rotatable bonds is 12. The van der Waals surface area contributed by atoms with E-state index in [0.29, 0.717) is 35.6 Å². The fourth-order valence-electron chi connectivity index (χ4n) is 3.32. The summed E-state index contributed by atoms with van der Waals surface area (Å²) in [6.07, 6.45) is 1.21. The maximum Gasteiger partial charge on any atom is 0.231 e. The number of ether oxygens (including phenoxy) is 1. The minimum Gasteiger partial charge on any atom is -0.385 e. The number of thioether (sulfide) groups is 1. The van der Waals surface area contributed by atoms with Crippen molar-refractivity contribution in [1.82, 2.24) is 20.1 Å². The van der Waals surface area contributed by atoms with Crippen LogP contribution < -0.4 is 5.32 Å². The van der Waals surface area contributed by atoms with Crippen LogP contribution in [0.5, 0.6) is 0 Å². The zero-order chi connectivity index (χ0) is 23.6. The van der Waals surface area contributed by atoms with E-state index in [1.165, 1.54) is 18.7 Å². The Morgan fingerprint density at radius 3 is 2.55 bits per heavy atom. The first-order valence-corrected chi connectivity index (χ1v) is 12.0. The van der Waals surface area contributed by atoms with Gasteiger partial charge in [-0.2, -0.15) is 0 Å². The van der Waals surface area contributed by atoms with Crippen molar-refractivity contribution in [2.24, 2.45) is 0 Å². The molecule has 3 rings (SSSR count). The molecule has 174 valence electrons. The molecule has 1 aromatic heterocycles. The third-order valence-electron chi connectivity index (χ3n) is 5.00. The summed E-state index contributed by atoms with van der Waals surface area (Å²) in [5.41, 5.74) is 1.77. The number of carbonyl (C=O) groups is 2. The number of amides is 1. The first-order chi connectivity index (χ1) is 16.0. The van der Waals surface area contributed by atoms with E-state index in [1.54, 1.807) is 13.2 Å². The molecule has 3 aromatic rings. The number of halogens is 1. The van der Waals surface area contributed by atoms with E-state index in [1.807, 2.05) is 53.1 Å². The number of hydrogen-bond acceptors (Lipinski definition) is 6. The summed E-state index contributed by atoms with van der Waals surface area (Å²) in [5, 5.41) is 12.7. The van der Waals surface area contributed by atoms with Crippen LogP contribution in [0.25, 0.3) is 11.4 Å². The van der Waals surface area contributed by atoms with Crippen LogP contribution in [0.4, 0.5) is 0 Å². The number of ketones is 1. The van der Waals surface area contributed by atoms with Gasteiger partial charge in [0, 0.05) is 25.8 Å². The molecular formula is C24H27ClN4O3S. The fraction of sp³-hybridized carbons (Fsp3) is 0.333. The average molecular weight is 487 g/mol. The normalized spacial score (nSPS) is 11.8. The van der Waals surface area contributed by atoms with Crippen molar-refractivity contribution < 1.29 is 14.3 Å². The lowest BCUT2D eigenvalue weighted by atomic mass is 10.0. The molecule has 1 atom stereocenters. The van der Waals surface area contributed by atoms with E-state index >= 15 is 0 Å². The van der Waals surface area contributed by atoms with Crippen LogP contribution in [0.2, 0.25) is 5.02 Å². The van der Waals surface area contributed by atoms with Crippen molar-refractivity contribution >= 4 is 35.1 Å². The highest BCUT2D eigenvalue weighted by Gasteiger charge is 2.20. The summed E-state index contributed by atoms with van der Waals surface area (Å²) in [4.78, 5) is 24.7. The van der Waals surface area contributed by atoms with E-state index in [9.17, 15) is 9.59 Å². The van der Waals surface area contributed by atoms with Crippen LogP contribution in [0, 0.1) is 0 Å². The third-order valence-corrected chi connectivity index (χ3v) is 6.30. The fourth-order valence-corrected chi connectivity index (χ4v) is 4.31. The van der Waals surface area contributed by atoms with Crippen molar-refractivity contribution in [3.8, 4) is 11.4 Å². The van der Waals surface area contributed by atoms with Crippen molar-refractivity contribution in [2.75, 3.05) is 19.5 Å². The van der Waals surface area contributed by atoms with Crippen molar-refractivity contribution in [1.29, 1.82) is 0 Å². The van der Waals surface area contributed by atoms with Gasteiger partial charge in [0.25, 0.3) is 0 Å². The average Bonchev–Trinajstić information content (AvgIpc) is 3.21. The topological polar surface area (TPSA) is 86.1 Å². The number of aromatic nitrogens is 3. The van der Waals surface area contributed by atoms with E-state index in [0.717, 1.165) is 17.5 Å². The van der Waals surface area contributed by atoms with Gasteiger partial charge in [-0.15, -0.1) is 10.2 Å². The summed E-state index contributed by atoms with van der Waals surface area (Å²) in [5.74, 6) is 0.442. The number of benzene rings is 2. The number of carbonyl (C=O) groups excluding carboxylic acids is 2. The molecule has 1 amide bonds. The maximum absolute atomic E-state index is 12.6. The van der Waals surface area contributed by atoms with Crippen LogP contribution in [0.15, 0.2) is 59.8 Å². The largest absolute Gasteiger partial charge is 0.385 e. The quantitative estimate of drug-likeness (QED) is 0.307. The molecule has 0 aliphatic rings. The molecule has 0 fully saturated rings. The first kappa shape index (κ1) is 25.0. The van der Waals surface area contributed by atoms with Gasteiger partial charge in [-0.1, -0.05) is 65.8 Å². The smallest absolute Gasteiger partial charge is 0.231 e. The van der Waals surface area contributed by atoms with Crippen LogP contribution in [0.3, 0.4) is 0 Å². The highest BCUT2D eigenvalue weighted by Crippen LogP contribution is 2.29. The van der Waals surface area contributed by atoms with Gasteiger partial charge >= 0.3 is 0 Å². The molecule has 0 bridgehead atoms. The number of hydrogen-bond donors (Lipinski definition) is 1. The van der Waals surface area contributed by atoms with Crippen LogP contribution in [-0.2, 0) is 27.3 Å². The Kier molecular flexibility index (Phi) is 9.47. The van der Waals surface area contributed by atoms with Crippen LogP contribution in [-0.4, -0.2) is 52.0 Å². The molecule has 1 N–H and O–H groups in total. The Balaban J connectivity index is 1.69. The van der Waals surface area contributed by atoms with Crippen molar-refractivity contribution in [3.05, 3.63) is 65.2 Å². The van der Waals surface area contributed by atoms with Gasteiger partial charge in [-0.25, -0.2) is 0 Å². The molecule has 1 heterocycles. The van der Waals surface area contributed by atoms with Gasteiger partial charge in [0.15, 0.2) is 16.8 Å². The molecule has 0 radical (unpaired) electrons. The minimum atomic E-state index is -0.571. The molecular weight excluding hydrogens is 460 g/mol. The summed E-state index contributed by atoms with van der Waals surface area (Å²) in [6, 6.07) is 16.5. The molecule has 0 aliphatic heterocycles. The predicted octanol–water partition coefficient (Wildman–Crippen LogP) is 4.04. The highest BCUT2D eigenvalue weighted by atomic mass is 35.5. The molecule has 2 aromatic carbocycles. The molecule has 33 heavy (non-hydrogen) atoms. The number of nitrogens with zero attached hydrogens (tertiary/aromatic N) is 3. The molecule has 0 unspecified atom stereocenters. The van der Waals surface area contributed by atoms with E-state index in [-0.39, 0.29) is 17.4 Å². The maximum atomic E-state index is 12.6. The molecule has 0 saturated carbocycles. The van der Waals surface area contributed by atoms with Crippen molar-refractivity contribution in [3.63, 3.8) is 0 Å².